The second kappa shape index (κ2) is 5.31. The van der Waals surface area contributed by atoms with Gasteiger partial charge >= 0.3 is 0 Å². The number of nitrogens with two attached hydrogens (primary N) is 1. The standard InChI is InChI=1S/C10H15N3O2/c1-7-3-4-8(9(11)12)10(13-7)15-6-2-5-14/h3-4,14H,2,5-6H2,1H3,(H3,11,12). The molecule has 5 nitrogen and oxygen atoms in total. The van der Waals surface area contributed by atoms with E-state index in [-0.39, 0.29) is 12.4 Å². The Morgan fingerprint density at radius 3 is 2.93 bits per heavy atom. The first kappa shape index (κ1) is 11.5. The van der Waals surface area contributed by atoms with Crippen molar-refractivity contribution < 1.29 is 9.84 Å². The van der Waals surface area contributed by atoms with Crippen LogP contribution in [0.5, 0.6) is 5.88 Å². The van der Waals surface area contributed by atoms with E-state index in [1.165, 1.54) is 0 Å². The van der Waals surface area contributed by atoms with E-state index in [1.807, 2.05) is 6.92 Å². The fraction of sp³-hybridized carbons (Fsp3) is 0.400. The summed E-state index contributed by atoms with van der Waals surface area (Å²) in [6.45, 7) is 2.28. The number of hydrogen-bond acceptors (Lipinski definition) is 4. The molecular formula is C10H15N3O2. The van der Waals surface area contributed by atoms with Gasteiger partial charge in [-0.05, 0) is 19.1 Å². The third-order valence-corrected chi connectivity index (χ3v) is 1.83. The van der Waals surface area contributed by atoms with Crippen LogP contribution in [0.2, 0.25) is 0 Å². The predicted octanol–water partition coefficient (Wildman–Crippen LogP) is 0.435. The molecule has 5 heteroatoms. The monoisotopic (exact) mass is 209 g/mol. The topological polar surface area (TPSA) is 92.2 Å². The summed E-state index contributed by atoms with van der Waals surface area (Å²) < 4.78 is 5.33. The van der Waals surface area contributed by atoms with Crippen LogP contribution in [0.15, 0.2) is 12.1 Å². The maximum atomic E-state index is 8.61. The molecule has 0 saturated carbocycles. The highest BCUT2D eigenvalue weighted by Gasteiger charge is 2.08. The van der Waals surface area contributed by atoms with Crippen LogP contribution in [0.4, 0.5) is 0 Å². The quantitative estimate of drug-likeness (QED) is 0.372. The molecule has 0 saturated heterocycles. The number of amidine groups is 1. The van der Waals surface area contributed by atoms with Gasteiger partial charge in [-0.2, -0.15) is 0 Å². The lowest BCUT2D eigenvalue weighted by Crippen LogP contribution is -2.15. The number of ether oxygens (including phenoxy) is 1. The van der Waals surface area contributed by atoms with Crippen molar-refractivity contribution in [2.45, 2.75) is 13.3 Å². The van der Waals surface area contributed by atoms with Gasteiger partial charge in [-0.1, -0.05) is 0 Å². The highest BCUT2D eigenvalue weighted by atomic mass is 16.5. The molecule has 0 amide bonds. The zero-order valence-corrected chi connectivity index (χ0v) is 8.66. The fourth-order valence-electron chi connectivity index (χ4n) is 1.08. The van der Waals surface area contributed by atoms with E-state index in [2.05, 4.69) is 4.98 Å². The van der Waals surface area contributed by atoms with Crippen LogP contribution in [0.25, 0.3) is 0 Å². The predicted molar refractivity (Wildman–Crippen MR) is 57.2 cm³/mol. The van der Waals surface area contributed by atoms with Crippen molar-refractivity contribution in [2.24, 2.45) is 5.73 Å². The summed E-state index contributed by atoms with van der Waals surface area (Å²) in [5.41, 5.74) is 6.67. The first-order valence-corrected chi connectivity index (χ1v) is 4.71. The first-order chi connectivity index (χ1) is 7.15. The van der Waals surface area contributed by atoms with Crippen LogP contribution in [-0.4, -0.2) is 29.1 Å². The number of aryl methyl sites for hydroxylation is 1. The molecule has 0 aliphatic rings. The highest BCUT2D eigenvalue weighted by Crippen LogP contribution is 2.15. The number of nitrogens with zero attached hydrogens (tertiary/aromatic N) is 1. The number of aliphatic hydroxyl groups is 1. The van der Waals surface area contributed by atoms with Crippen molar-refractivity contribution in [1.29, 1.82) is 5.41 Å². The van der Waals surface area contributed by atoms with Gasteiger partial charge in [0, 0.05) is 18.7 Å². The SMILES string of the molecule is Cc1ccc(C(=N)N)c(OCCCO)n1. The molecule has 82 valence electrons. The molecular weight excluding hydrogens is 194 g/mol. The molecule has 15 heavy (non-hydrogen) atoms. The molecule has 4 N–H and O–H groups in total. The van der Waals surface area contributed by atoms with E-state index < -0.39 is 0 Å². The summed E-state index contributed by atoms with van der Waals surface area (Å²) in [7, 11) is 0. The second-order valence-corrected chi connectivity index (χ2v) is 3.14. The van der Waals surface area contributed by atoms with Gasteiger partial charge in [-0.15, -0.1) is 0 Å². The number of nitrogens with one attached hydrogen (secondary N) is 1. The van der Waals surface area contributed by atoms with Crippen LogP contribution in [-0.2, 0) is 0 Å². The van der Waals surface area contributed by atoms with E-state index in [0.29, 0.717) is 24.5 Å². The molecule has 1 rings (SSSR count). The lowest BCUT2D eigenvalue weighted by Gasteiger charge is -2.09. The van der Waals surface area contributed by atoms with Crippen molar-refractivity contribution >= 4 is 5.84 Å². The van der Waals surface area contributed by atoms with E-state index in [1.54, 1.807) is 12.1 Å². The lowest BCUT2D eigenvalue weighted by atomic mass is 10.2. The zero-order chi connectivity index (χ0) is 11.3. The molecule has 0 atom stereocenters. The summed E-state index contributed by atoms with van der Waals surface area (Å²) in [5, 5.41) is 15.9. The summed E-state index contributed by atoms with van der Waals surface area (Å²) in [6, 6.07) is 3.48. The van der Waals surface area contributed by atoms with Crippen molar-refractivity contribution in [1.82, 2.24) is 4.98 Å². The first-order valence-electron chi connectivity index (χ1n) is 4.71. The Balaban J connectivity index is 2.82. The zero-order valence-electron chi connectivity index (χ0n) is 8.66. The lowest BCUT2D eigenvalue weighted by molar-refractivity contribution is 0.229. The van der Waals surface area contributed by atoms with Crippen molar-refractivity contribution in [3.63, 3.8) is 0 Å². The van der Waals surface area contributed by atoms with Crippen LogP contribution < -0.4 is 10.5 Å². The van der Waals surface area contributed by atoms with Crippen LogP contribution in [0.1, 0.15) is 17.7 Å². The Labute approximate surface area is 88.4 Å². The Hall–Kier alpha value is -1.62. The molecule has 0 aliphatic carbocycles. The van der Waals surface area contributed by atoms with Crippen LogP contribution >= 0.6 is 0 Å². The number of aromatic nitrogens is 1. The molecule has 1 aromatic heterocycles. The number of aliphatic hydroxyl groups excluding tert-OH is 1. The molecule has 0 bridgehead atoms. The normalized spacial score (nSPS) is 10.0. The van der Waals surface area contributed by atoms with Crippen LogP contribution in [0.3, 0.4) is 0 Å². The van der Waals surface area contributed by atoms with Gasteiger partial charge in [-0.25, -0.2) is 4.98 Å². The van der Waals surface area contributed by atoms with Gasteiger partial charge in [0.05, 0.1) is 12.2 Å². The van der Waals surface area contributed by atoms with Crippen molar-refractivity contribution in [3.8, 4) is 5.88 Å². The van der Waals surface area contributed by atoms with Gasteiger partial charge in [-0.3, -0.25) is 5.41 Å². The van der Waals surface area contributed by atoms with Gasteiger partial charge < -0.3 is 15.6 Å². The van der Waals surface area contributed by atoms with E-state index in [0.717, 1.165) is 5.69 Å². The third kappa shape index (κ3) is 3.21. The maximum absolute atomic E-state index is 8.61. The summed E-state index contributed by atoms with van der Waals surface area (Å²) >= 11 is 0. The second-order valence-electron chi connectivity index (χ2n) is 3.14. The van der Waals surface area contributed by atoms with E-state index in [4.69, 9.17) is 21.0 Å². The smallest absolute Gasteiger partial charge is 0.224 e. The average molecular weight is 209 g/mol. The Bertz CT molecular complexity index is 353. The largest absolute Gasteiger partial charge is 0.477 e. The van der Waals surface area contributed by atoms with Crippen LogP contribution in [0, 0.1) is 12.3 Å². The molecule has 0 aromatic carbocycles. The Morgan fingerprint density at radius 2 is 2.33 bits per heavy atom. The third-order valence-electron chi connectivity index (χ3n) is 1.83. The number of pyridine rings is 1. The van der Waals surface area contributed by atoms with Gasteiger partial charge in [0.2, 0.25) is 5.88 Å². The van der Waals surface area contributed by atoms with E-state index >= 15 is 0 Å². The molecule has 1 heterocycles. The minimum Gasteiger partial charge on any atom is -0.477 e. The average Bonchev–Trinajstić information content (AvgIpc) is 2.18. The maximum Gasteiger partial charge on any atom is 0.224 e. The van der Waals surface area contributed by atoms with Crippen molar-refractivity contribution in [3.05, 3.63) is 23.4 Å². The molecule has 0 radical (unpaired) electrons. The summed E-state index contributed by atoms with van der Waals surface area (Å²) in [6.07, 6.45) is 0.535. The molecule has 0 unspecified atom stereocenters. The minimum atomic E-state index is -0.0681. The van der Waals surface area contributed by atoms with E-state index in [9.17, 15) is 0 Å². The number of hydrogen-bond donors (Lipinski definition) is 3. The van der Waals surface area contributed by atoms with Crippen molar-refractivity contribution in [2.75, 3.05) is 13.2 Å². The fourth-order valence-corrected chi connectivity index (χ4v) is 1.08. The molecule has 0 fully saturated rings. The summed E-state index contributed by atoms with van der Waals surface area (Å²) in [4.78, 5) is 4.14. The highest BCUT2D eigenvalue weighted by molar-refractivity contribution is 5.97. The Kier molecular flexibility index (Phi) is 4.05. The molecule has 1 aromatic rings. The summed E-state index contributed by atoms with van der Waals surface area (Å²) in [5.74, 6) is 0.289. The molecule has 0 aliphatic heterocycles. The number of nitrogen functional groups attached to an aromatic ring is 1. The van der Waals surface area contributed by atoms with Gasteiger partial charge in [0.1, 0.15) is 5.84 Å². The van der Waals surface area contributed by atoms with Gasteiger partial charge in [0.25, 0.3) is 0 Å². The molecule has 0 spiro atoms. The number of rotatable bonds is 5. The Morgan fingerprint density at radius 1 is 1.60 bits per heavy atom. The minimum absolute atomic E-state index is 0.0681. The van der Waals surface area contributed by atoms with Gasteiger partial charge in [0.15, 0.2) is 0 Å².